The minimum absolute atomic E-state index is 0.0836. The highest BCUT2D eigenvalue weighted by Gasteiger charge is 2.01. The predicted octanol–water partition coefficient (Wildman–Crippen LogP) is 3.05. The lowest BCUT2D eigenvalue weighted by molar-refractivity contribution is -0.142. The van der Waals surface area contributed by atoms with Crippen molar-refractivity contribution in [3.8, 4) is 11.8 Å². The number of ether oxygens (including phenoxy) is 1. The van der Waals surface area contributed by atoms with E-state index in [1.807, 2.05) is 0 Å². The average molecular weight is 254 g/mol. The number of carbonyl (C=O) groups excluding carboxylic acids is 1. The molecule has 0 rings (SSSR count). The van der Waals surface area contributed by atoms with Crippen LogP contribution in [-0.2, 0) is 9.53 Å². The molecule has 0 aliphatic heterocycles. The van der Waals surface area contributed by atoms with Crippen molar-refractivity contribution in [1.29, 1.82) is 0 Å². The maximum Gasteiger partial charge on any atom is 0.306 e. The summed E-state index contributed by atoms with van der Waals surface area (Å²) in [6, 6.07) is 0. The quantitative estimate of drug-likeness (QED) is 0.391. The molecule has 0 spiro atoms. The van der Waals surface area contributed by atoms with Gasteiger partial charge in [-0.1, -0.05) is 57.3 Å². The third kappa shape index (κ3) is 13.1. The van der Waals surface area contributed by atoms with Gasteiger partial charge in [0, 0.05) is 6.42 Å². The molecule has 0 aromatic carbocycles. The summed E-state index contributed by atoms with van der Waals surface area (Å²) < 4.78 is 4.91. The van der Waals surface area contributed by atoms with Crippen molar-refractivity contribution in [1.82, 2.24) is 0 Å². The van der Waals surface area contributed by atoms with Gasteiger partial charge in [-0.15, -0.1) is 0 Å². The van der Waals surface area contributed by atoms with Gasteiger partial charge < -0.3 is 9.84 Å². The lowest BCUT2D eigenvalue weighted by Crippen LogP contribution is -2.05. The Morgan fingerprint density at radius 3 is 2.39 bits per heavy atom. The van der Waals surface area contributed by atoms with Crippen molar-refractivity contribution in [3.63, 3.8) is 0 Å². The number of carbonyl (C=O) groups is 1. The van der Waals surface area contributed by atoms with Crippen LogP contribution >= 0.6 is 0 Å². The first-order valence-electron chi connectivity index (χ1n) is 6.99. The van der Waals surface area contributed by atoms with Gasteiger partial charge in [0.05, 0.1) is 0 Å². The van der Waals surface area contributed by atoms with Crippen LogP contribution in [-0.4, -0.2) is 23.8 Å². The SMILES string of the molecule is CCCCCCCCCC(=O)OCC#CC(C)O. The third-order valence-corrected chi connectivity index (χ3v) is 2.60. The van der Waals surface area contributed by atoms with Crippen molar-refractivity contribution < 1.29 is 14.6 Å². The minimum atomic E-state index is -0.660. The number of unbranched alkanes of at least 4 members (excludes halogenated alkanes) is 6. The van der Waals surface area contributed by atoms with Crippen molar-refractivity contribution in [3.05, 3.63) is 0 Å². The predicted molar refractivity (Wildman–Crippen MR) is 73.0 cm³/mol. The van der Waals surface area contributed by atoms with E-state index < -0.39 is 6.10 Å². The first kappa shape index (κ1) is 17.0. The smallest absolute Gasteiger partial charge is 0.306 e. The van der Waals surface area contributed by atoms with E-state index in [4.69, 9.17) is 9.84 Å². The molecule has 1 atom stereocenters. The highest BCUT2D eigenvalue weighted by Crippen LogP contribution is 2.08. The minimum Gasteiger partial charge on any atom is -0.452 e. The van der Waals surface area contributed by atoms with Gasteiger partial charge in [0.15, 0.2) is 6.61 Å². The molecule has 3 nitrogen and oxygen atoms in total. The Kier molecular flexibility index (Phi) is 11.7. The molecule has 1 N–H and O–H groups in total. The number of hydrogen-bond acceptors (Lipinski definition) is 3. The molecule has 3 heteroatoms. The van der Waals surface area contributed by atoms with Crippen LogP contribution in [0, 0.1) is 11.8 Å². The van der Waals surface area contributed by atoms with E-state index in [1.165, 1.54) is 32.1 Å². The normalized spacial score (nSPS) is 11.5. The molecule has 0 saturated carbocycles. The molecule has 0 aliphatic rings. The molecule has 0 heterocycles. The highest BCUT2D eigenvalue weighted by molar-refractivity contribution is 5.69. The van der Waals surface area contributed by atoms with Gasteiger partial charge in [0.2, 0.25) is 0 Å². The van der Waals surface area contributed by atoms with Gasteiger partial charge in [-0.3, -0.25) is 4.79 Å². The van der Waals surface area contributed by atoms with E-state index in [0.717, 1.165) is 12.8 Å². The Morgan fingerprint density at radius 2 is 1.78 bits per heavy atom. The van der Waals surface area contributed by atoms with E-state index >= 15 is 0 Å². The zero-order chi connectivity index (χ0) is 13.6. The van der Waals surface area contributed by atoms with Crippen LogP contribution in [0.1, 0.15) is 65.2 Å². The number of aliphatic hydroxyl groups is 1. The summed E-state index contributed by atoms with van der Waals surface area (Å²) in [6.07, 6.45) is 8.15. The van der Waals surface area contributed by atoms with Crippen LogP contribution in [0.15, 0.2) is 0 Å². The Hall–Kier alpha value is -1.01. The summed E-state index contributed by atoms with van der Waals surface area (Å²) >= 11 is 0. The topological polar surface area (TPSA) is 46.5 Å². The Labute approximate surface area is 111 Å². The van der Waals surface area contributed by atoms with Gasteiger partial charge in [-0.2, -0.15) is 0 Å². The number of esters is 1. The van der Waals surface area contributed by atoms with Gasteiger partial charge in [0.1, 0.15) is 6.10 Å². The van der Waals surface area contributed by atoms with E-state index in [-0.39, 0.29) is 12.6 Å². The molecule has 0 aromatic heterocycles. The average Bonchev–Trinajstić information content (AvgIpc) is 2.33. The lowest BCUT2D eigenvalue weighted by atomic mass is 10.1. The molecule has 104 valence electrons. The number of rotatable bonds is 9. The molecule has 0 fully saturated rings. The maximum absolute atomic E-state index is 11.3. The zero-order valence-electron chi connectivity index (χ0n) is 11.7. The maximum atomic E-state index is 11.3. The molecule has 18 heavy (non-hydrogen) atoms. The molecular formula is C15H26O3. The van der Waals surface area contributed by atoms with Gasteiger partial charge in [-0.25, -0.2) is 0 Å². The van der Waals surface area contributed by atoms with Crippen molar-refractivity contribution in [2.75, 3.05) is 6.61 Å². The second kappa shape index (κ2) is 12.4. The summed E-state index contributed by atoms with van der Waals surface area (Å²) in [5, 5.41) is 8.87. The third-order valence-electron chi connectivity index (χ3n) is 2.60. The number of aliphatic hydroxyl groups excluding tert-OH is 1. The van der Waals surface area contributed by atoms with Gasteiger partial charge in [-0.05, 0) is 13.3 Å². The van der Waals surface area contributed by atoms with E-state index in [9.17, 15) is 4.79 Å². The summed E-state index contributed by atoms with van der Waals surface area (Å²) in [4.78, 5) is 11.3. The standard InChI is InChI=1S/C15H26O3/c1-3-4-5-6-7-8-9-12-15(17)18-13-10-11-14(2)16/h14,16H,3-9,12-13H2,1-2H3. The molecular weight excluding hydrogens is 228 g/mol. The molecule has 0 aromatic rings. The summed E-state index contributed by atoms with van der Waals surface area (Å²) in [7, 11) is 0. The molecule has 1 unspecified atom stereocenters. The van der Waals surface area contributed by atoms with Crippen molar-refractivity contribution >= 4 is 5.97 Å². The fourth-order valence-electron chi connectivity index (χ4n) is 1.60. The van der Waals surface area contributed by atoms with Crippen molar-refractivity contribution in [2.24, 2.45) is 0 Å². The molecule has 0 aliphatic carbocycles. The largest absolute Gasteiger partial charge is 0.452 e. The second-order valence-corrected chi connectivity index (χ2v) is 4.53. The molecule has 0 amide bonds. The van der Waals surface area contributed by atoms with Crippen LogP contribution in [0.4, 0.5) is 0 Å². The highest BCUT2D eigenvalue weighted by atomic mass is 16.5. The molecule has 0 saturated heterocycles. The van der Waals surface area contributed by atoms with Crippen molar-refractivity contribution in [2.45, 2.75) is 71.3 Å². The van der Waals surface area contributed by atoms with Gasteiger partial charge >= 0.3 is 5.97 Å². The van der Waals surface area contributed by atoms with E-state index in [0.29, 0.717) is 6.42 Å². The first-order valence-corrected chi connectivity index (χ1v) is 6.99. The fraction of sp³-hybridized carbons (Fsp3) is 0.800. The second-order valence-electron chi connectivity index (χ2n) is 4.53. The Bertz CT molecular complexity index is 261. The molecule has 0 bridgehead atoms. The summed E-state index contributed by atoms with van der Waals surface area (Å²) in [5.74, 6) is 4.93. The molecule has 0 radical (unpaired) electrons. The van der Waals surface area contributed by atoms with Crippen LogP contribution in [0.5, 0.6) is 0 Å². The van der Waals surface area contributed by atoms with Crippen LogP contribution in [0.25, 0.3) is 0 Å². The lowest BCUT2D eigenvalue weighted by Gasteiger charge is -2.01. The Morgan fingerprint density at radius 1 is 1.17 bits per heavy atom. The van der Waals surface area contributed by atoms with Crippen LogP contribution in [0.3, 0.4) is 0 Å². The van der Waals surface area contributed by atoms with Crippen LogP contribution in [0.2, 0.25) is 0 Å². The Balaban J connectivity index is 3.30. The fourth-order valence-corrected chi connectivity index (χ4v) is 1.60. The monoisotopic (exact) mass is 254 g/mol. The summed E-state index contributed by atoms with van der Waals surface area (Å²) in [5.41, 5.74) is 0. The van der Waals surface area contributed by atoms with Crippen LogP contribution < -0.4 is 0 Å². The zero-order valence-corrected chi connectivity index (χ0v) is 11.7. The van der Waals surface area contributed by atoms with E-state index in [2.05, 4.69) is 18.8 Å². The number of hydrogen-bond donors (Lipinski definition) is 1. The summed E-state index contributed by atoms with van der Waals surface area (Å²) in [6.45, 7) is 3.87. The van der Waals surface area contributed by atoms with Gasteiger partial charge in [0.25, 0.3) is 0 Å². The first-order chi connectivity index (χ1) is 8.66. The van der Waals surface area contributed by atoms with E-state index in [1.54, 1.807) is 6.92 Å².